The number of carbonyl (C=O) groups excluding carboxylic acids is 2. The molecule has 0 radical (unpaired) electrons. The zero-order chi connectivity index (χ0) is 19.2. The fourth-order valence-electron chi connectivity index (χ4n) is 2.25. The van der Waals surface area contributed by atoms with Crippen LogP contribution >= 0.6 is 35.0 Å². The minimum absolute atomic E-state index is 0.0422. The van der Waals surface area contributed by atoms with Crippen LogP contribution in [0.4, 0.5) is 5.69 Å². The topological polar surface area (TPSA) is 82.9 Å². The number of hydrogen-bond donors (Lipinski definition) is 2. The van der Waals surface area contributed by atoms with Gasteiger partial charge in [0.15, 0.2) is 5.17 Å². The second-order valence-corrected chi connectivity index (χ2v) is 7.51. The molecule has 0 bridgehead atoms. The average Bonchev–Trinajstić information content (AvgIpc) is 2.98. The molecule has 1 aliphatic heterocycles. The summed E-state index contributed by atoms with van der Waals surface area (Å²) in [5, 5.41) is 13.6. The highest BCUT2D eigenvalue weighted by molar-refractivity contribution is 8.15. The van der Waals surface area contributed by atoms with E-state index in [0.29, 0.717) is 20.9 Å². The summed E-state index contributed by atoms with van der Waals surface area (Å²) in [5.74, 6) is -0.666. The van der Waals surface area contributed by atoms with Crippen molar-refractivity contribution in [3.8, 4) is 0 Å². The molecule has 2 amide bonds. The Balaban J connectivity index is 1.58. The minimum atomic E-state index is -0.600. The fourth-order valence-corrected chi connectivity index (χ4v) is 3.67. The summed E-state index contributed by atoms with van der Waals surface area (Å²) in [4.78, 5) is 24.3. The van der Waals surface area contributed by atoms with E-state index in [9.17, 15) is 9.59 Å². The number of rotatable bonds is 5. The fraction of sp³-hybridized carbons (Fsp3) is 0.111. The van der Waals surface area contributed by atoms with Crippen LogP contribution in [0.15, 0.2) is 58.7 Å². The van der Waals surface area contributed by atoms with Crippen molar-refractivity contribution in [2.45, 2.75) is 11.7 Å². The van der Waals surface area contributed by atoms with Gasteiger partial charge in [-0.2, -0.15) is 5.10 Å². The van der Waals surface area contributed by atoms with Crippen molar-refractivity contribution in [1.29, 1.82) is 0 Å². The number of hydrogen-bond acceptors (Lipinski definition) is 5. The molecule has 1 saturated heterocycles. The van der Waals surface area contributed by atoms with Gasteiger partial charge in [0, 0.05) is 6.42 Å². The van der Waals surface area contributed by atoms with E-state index < -0.39 is 5.25 Å². The number of amidine groups is 1. The Bertz CT molecular complexity index is 899. The molecule has 1 fully saturated rings. The number of para-hydroxylation sites is 1. The number of nitrogens with zero attached hydrogens (tertiary/aromatic N) is 2. The first-order chi connectivity index (χ1) is 13.0. The van der Waals surface area contributed by atoms with Gasteiger partial charge in [0.2, 0.25) is 11.8 Å². The third kappa shape index (κ3) is 5.32. The van der Waals surface area contributed by atoms with Crippen molar-refractivity contribution in [1.82, 2.24) is 5.32 Å². The highest BCUT2D eigenvalue weighted by Gasteiger charge is 2.32. The Morgan fingerprint density at radius 1 is 1.15 bits per heavy atom. The van der Waals surface area contributed by atoms with E-state index >= 15 is 0 Å². The van der Waals surface area contributed by atoms with Crippen LogP contribution in [0.3, 0.4) is 0 Å². The van der Waals surface area contributed by atoms with E-state index in [2.05, 4.69) is 20.8 Å². The second kappa shape index (κ2) is 9.03. The third-order valence-corrected chi connectivity index (χ3v) is 5.23. The first-order valence-electron chi connectivity index (χ1n) is 7.90. The average molecular weight is 421 g/mol. The number of halogens is 2. The van der Waals surface area contributed by atoms with Crippen LogP contribution in [0.2, 0.25) is 10.0 Å². The molecule has 3 rings (SSSR count). The van der Waals surface area contributed by atoms with Gasteiger partial charge < -0.3 is 10.6 Å². The molecule has 27 heavy (non-hydrogen) atoms. The van der Waals surface area contributed by atoms with Crippen LogP contribution < -0.4 is 10.6 Å². The largest absolute Gasteiger partial charge is 0.323 e. The highest BCUT2D eigenvalue weighted by Crippen LogP contribution is 2.30. The molecule has 1 atom stereocenters. The van der Waals surface area contributed by atoms with Crippen molar-refractivity contribution in [2.24, 2.45) is 10.2 Å². The molecule has 2 aromatic carbocycles. The lowest BCUT2D eigenvalue weighted by Crippen LogP contribution is -2.28. The molecule has 2 aromatic rings. The monoisotopic (exact) mass is 420 g/mol. The zero-order valence-corrected chi connectivity index (χ0v) is 16.2. The Labute approximate surface area is 170 Å². The molecular formula is C18H14Cl2N4O2S. The normalized spacial score (nSPS) is 18.1. The molecule has 2 N–H and O–H groups in total. The summed E-state index contributed by atoms with van der Waals surface area (Å²) in [6, 6.07) is 14.4. The van der Waals surface area contributed by atoms with Gasteiger partial charge in [0.1, 0.15) is 5.25 Å². The molecule has 6 nitrogen and oxygen atoms in total. The lowest BCUT2D eigenvalue weighted by molar-refractivity contribution is -0.122. The van der Waals surface area contributed by atoms with E-state index in [1.807, 2.05) is 30.3 Å². The van der Waals surface area contributed by atoms with Gasteiger partial charge in [-0.1, -0.05) is 71.4 Å². The summed E-state index contributed by atoms with van der Waals surface area (Å²) >= 11 is 13.2. The van der Waals surface area contributed by atoms with E-state index in [-0.39, 0.29) is 18.2 Å². The van der Waals surface area contributed by atoms with Gasteiger partial charge in [0.25, 0.3) is 0 Å². The Hall–Kier alpha value is -2.35. The number of anilines is 1. The van der Waals surface area contributed by atoms with Gasteiger partial charge in [-0.3, -0.25) is 9.59 Å². The molecule has 1 unspecified atom stereocenters. The van der Waals surface area contributed by atoms with Crippen molar-refractivity contribution in [3.05, 3.63) is 64.1 Å². The predicted octanol–water partition coefficient (Wildman–Crippen LogP) is 3.94. The lowest BCUT2D eigenvalue weighted by Gasteiger charge is -2.10. The molecule has 0 aliphatic carbocycles. The van der Waals surface area contributed by atoms with Crippen molar-refractivity contribution in [2.75, 3.05) is 5.32 Å². The molecule has 138 valence electrons. The van der Waals surface area contributed by atoms with Crippen LogP contribution in [-0.2, 0) is 9.59 Å². The SMILES string of the molecule is O=C(CC1SC(=NN=Cc2ccccc2)NC1=O)Nc1c(Cl)cccc1Cl. The predicted molar refractivity (Wildman–Crippen MR) is 111 cm³/mol. The summed E-state index contributed by atoms with van der Waals surface area (Å²) in [6.45, 7) is 0. The second-order valence-electron chi connectivity index (χ2n) is 5.51. The minimum Gasteiger partial charge on any atom is -0.323 e. The Morgan fingerprint density at radius 2 is 1.85 bits per heavy atom. The van der Waals surface area contributed by atoms with Gasteiger partial charge in [-0.15, -0.1) is 5.10 Å². The number of benzene rings is 2. The maximum Gasteiger partial charge on any atom is 0.240 e. The summed E-state index contributed by atoms with van der Waals surface area (Å²) in [5.41, 5.74) is 1.22. The molecule has 9 heteroatoms. The van der Waals surface area contributed by atoms with Gasteiger partial charge in [-0.25, -0.2) is 0 Å². The molecule has 0 saturated carbocycles. The molecule has 1 heterocycles. The van der Waals surface area contributed by atoms with E-state index in [1.54, 1.807) is 24.4 Å². The zero-order valence-electron chi connectivity index (χ0n) is 13.9. The highest BCUT2D eigenvalue weighted by atomic mass is 35.5. The first kappa shape index (κ1) is 19.4. The number of nitrogens with one attached hydrogen (secondary N) is 2. The standard InChI is InChI=1S/C18H14Cl2N4O2S/c19-12-7-4-8-13(20)16(12)22-15(25)9-14-17(26)23-18(27-14)24-21-10-11-5-2-1-3-6-11/h1-8,10,14H,9H2,(H,22,25)(H,23,24,26). The van der Waals surface area contributed by atoms with Crippen molar-refractivity contribution >= 4 is 63.8 Å². The van der Waals surface area contributed by atoms with Crippen molar-refractivity contribution < 1.29 is 9.59 Å². The van der Waals surface area contributed by atoms with Crippen LogP contribution in [0.1, 0.15) is 12.0 Å². The Kier molecular flexibility index (Phi) is 6.49. The van der Waals surface area contributed by atoms with Gasteiger partial charge in [0.05, 0.1) is 21.9 Å². The maximum absolute atomic E-state index is 12.2. The first-order valence-corrected chi connectivity index (χ1v) is 9.54. The number of thioether (sulfide) groups is 1. The van der Waals surface area contributed by atoms with Crippen LogP contribution in [0.25, 0.3) is 0 Å². The summed E-state index contributed by atoms with van der Waals surface area (Å²) < 4.78 is 0. The molecule has 1 aliphatic rings. The molecule has 0 aromatic heterocycles. The van der Waals surface area contributed by atoms with E-state index in [4.69, 9.17) is 23.2 Å². The third-order valence-electron chi connectivity index (χ3n) is 3.53. The summed E-state index contributed by atoms with van der Waals surface area (Å²) in [7, 11) is 0. The van der Waals surface area contributed by atoms with E-state index in [1.165, 1.54) is 0 Å². The van der Waals surface area contributed by atoms with Crippen molar-refractivity contribution in [3.63, 3.8) is 0 Å². The maximum atomic E-state index is 12.2. The van der Waals surface area contributed by atoms with Gasteiger partial charge in [-0.05, 0) is 17.7 Å². The molecule has 0 spiro atoms. The van der Waals surface area contributed by atoms with E-state index in [0.717, 1.165) is 17.3 Å². The Morgan fingerprint density at radius 3 is 2.56 bits per heavy atom. The number of amides is 2. The van der Waals surface area contributed by atoms with Crippen LogP contribution in [-0.4, -0.2) is 28.4 Å². The quantitative estimate of drug-likeness (QED) is 0.567. The smallest absolute Gasteiger partial charge is 0.240 e. The lowest BCUT2D eigenvalue weighted by atomic mass is 10.2. The summed E-state index contributed by atoms with van der Waals surface area (Å²) in [6.07, 6.45) is 1.54. The van der Waals surface area contributed by atoms with Crippen LogP contribution in [0.5, 0.6) is 0 Å². The molecular weight excluding hydrogens is 407 g/mol. The number of carbonyl (C=O) groups is 2. The van der Waals surface area contributed by atoms with Gasteiger partial charge >= 0.3 is 0 Å². The van der Waals surface area contributed by atoms with Crippen LogP contribution in [0, 0.1) is 0 Å².